The number of nitrogens with zero attached hydrogens (tertiary/aromatic N) is 2. The van der Waals surface area contributed by atoms with E-state index in [2.05, 4.69) is 15.0 Å². The molecule has 1 N–H and O–H groups in total. The third-order valence-electron chi connectivity index (χ3n) is 3.90. The van der Waals surface area contributed by atoms with Crippen molar-refractivity contribution in [1.82, 2.24) is 4.98 Å². The van der Waals surface area contributed by atoms with Gasteiger partial charge in [-0.3, -0.25) is 0 Å². The molecule has 0 atom stereocenters. The number of hydrogen-bond acceptors (Lipinski definition) is 2. The van der Waals surface area contributed by atoms with Crippen molar-refractivity contribution in [1.29, 1.82) is 0 Å². The Balaban J connectivity index is 0.00000101. The van der Waals surface area contributed by atoms with E-state index in [-0.39, 0.29) is 13.1 Å². The van der Waals surface area contributed by atoms with Gasteiger partial charge in [0.15, 0.2) is 0 Å². The molecule has 0 aliphatic heterocycles. The molecule has 0 radical (unpaired) electrons. The van der Waals surface area contributed by atoms with Crippen LogP contribution in [0.15, 0.2) is 58.5 Å². The summed E-state index contributed by atoms with van der Waals surface area (Å²) in [6.07, 6.45) is 0. The monoisotopic (exact) mass is 563 g/mol. The molecular formula is C20H15Cl6FeN3. The molecule has 10 heteroatoms. The molecule has 2 aromatic carbocycles. The minimum atomic E-state index is 0.194. The van der Waals surface area contributed by atoms with Crippen LogP contribution in [0.2, 0.25) is 20.1 Å². The predicted octanol–water partition coefficient (Wildman–Crippen LogP) is 9.29. The summed E-state index contributed by atoms with van der Waals surface area (Å²) in [6.45, 7) is 3.76. The van der Waals surface area contributed by atoms with E-state index in [9.17, 15) is 0 Å². The van der Waals surface area contributed by atoms with Crippen LogP contribution < -0.4 is 0 Å². The van der Waals surface area contributed by atoms with Gasteiger partial charge in [0.25, 0.3) is 0 Å². The molecule has 0 unspecified atom stereocenters. The first-order valence-electron chi connectivity index (χ1n) is 8.32. The molecule has 0 saturated heterocycles. The third-order valence-corrected chi connectivity index (χ3v) is 5.12. The molecule has 1 aromatic heterocycles. The van der Waals surface area contributed by atoms with E-state index >= 15 is 0 Å². The number of aliphatic imine (C=N–C) groups is 2. The van der Waals surface area contributed by atoms with Gasteiger partial charge in [0.2, 0.25) is 0 Å². The quantitative estimate of drug-likeness (QED) is 0.242. The summed E-state index contributed by atoms with van der Waals surface area (Å²) in [4.78, 5) is 12.4. The fourth-order valence-electron chi connectivity index (χ4n) is 2.46. The number of aromatic amines is 1. The second-order valence-electron chi connectivity index (χ2n) is 5.87. The predicted molar refractivity (Wildman–Crippen MR) is 129 cm³/mol. The maximum atomic E-state index is 6.19. The Morgan fingerprint density at radius 2 is 0.967 bits per heavy atom. The Morgan fingerprint density at radius 1 is 0.667 bits per heavy atom. The molecule has 0 saturated carbocycles. The molecule has 0 spiro atoms. The van der Waals surface area contributed by atoms with Crippen LogP contribution in [0, 0.1) is 0 Å². The number of aromatic nitrogens is 1. The fourth-order valence-corrected chi connectivity index (χ4v) is 3.43. The van der Waals surface area contributed by atoms with Crippen molar-refractivity contribution in [3.05, 3.63) is 80.0 Å². The zero-order chi connectivity index (χ0) is 22.3. The molecule has 160 valence electrons. The molecule has 0 fully saturated rings. The zero-order valence-corrected chi connectivity index (χ0v) is 21.3. The first-order valence-corrected chi connectivity index (χ1v) is 12.9. The van der Waals surface area contributed by atoms with E-state index in [0.717, 1.165) is 22.8 Å². The van der Waals surface area contributed by atoms with Crippen molar-refractivity contribution in [2.24, 2.45) is 9.98 Å². The van der Waals surface area contributed by atoms with Crippen molar-refractivity contribution in [2.45, 2.75) is 13.8 Å². The minimum absolute atomic E-state index is 0.194. The molecule has 0 bridgehead atoms. The van der Waals surface area contributed by atoms with E-state index < -0.39 is 0 Å². The number of para-hydroxylation sites is 2. The first-order chi connectivity index (χ1) is 14.3. The van der Waals surface area contributed by atoms with Gasteiger partial charge in [0.05, 0.1) is 42.9 Å². The van der Waals surface area contributed by atoms with Crippen LogP contribution in [0.5, 0.6) is 0 Å². The van der Waals surface area contributed by atoms with E-state index in [0.29, 0.717) is 31.5 Å². The van der Waals surface area contributed by atoms with Gasteiger partial charge in [-0.05, 0) is 50.2 Å². The fraction of sp³-hybridized carbons (Fsp3) is 0.100. The number of H-pyrrole nitrogens is 1. The molecule has 0 aliphatic rings. The van der Waals surface area contributed by atoms with Crippen molar-refractivity contribution >= 4 is 89.4 Å². The third kappa shape index (κ3) is 6.91. The number of halogens is 6. The van der Waals surface area contributed by atoms with E-state index in [1.165, 1.54) is 0 Å². The molecule has 1 heterocycles. The van der Waals surface area contributed by atoms with Crippen LogP contribution in [0.25, 0.3) is 0 Å². The van der Waals surface area contributed by atoms with Crippen LogP contribution in [-0.4, -0.2) is 16.4 Å². The molecule has 3 nitrogen and oxygen atoms in total. The van der Waals surface area contributed by atoms with Gasteiger partial charge in [-0.15, -0.1) is 0 Å². The van der Waals surface area contributed by atoms with Crippen LogP contribution in [0.1, 0.15) is 25.2 Å². The maximum absolute atomic E-state index is 6.19. The average molecular weight is 566 g/mol. The summed E-state index contributed by atoms with van der Waals surface area (Å²) in [5.41, 5.74) is 4.26. The van der Waals surface area contributed by atoms with Gasteiger partial charge < -0.3 is 4.98 Å². The molecular weight excluding hydrogens is 551 g/mol. The molecule has 0 amide bonds. The number of benzene rings is 2. The van der Waals surface area contributed by atoms with Crippen molar-refractivity contribution in [3.8, 4) is 0 Å². The average Bonchev–Trinajstić information content (AvgIpc) is 3.19. The second-order valence-corrected chi connectivity index (χ2v) is 9.32. The summed E-state index contributed by atoms with van der Waals surface area (Å²) < 4.78 is 0. The van der Waals surface area contributed by atoms with Gasteiger partial charge >= 0.3 is 33.3 Å². The molecule has 3 aromatic rings. The van der Waals surface area contributed by atoms with Gasteiger partial charge in [-0.1, -0.05) is 58.5 Å². The van der Waals surface area contributed by atoms with Crippen molar-refractivity contribution in [2.75, 3.05) is 0 Å². The zero-order valence-electron chi connectivity index (χ0n) is 15.6. The Bertz CT molecular complexity index is 956. The SMILES string of the molecule is CC(=Nc1c(Cl)cccc1Cl)c1ccc(C(C)=Nc2c(Cl)cccc2Cl)[nH]1.[Cl][Fe][Cl]. The van der Waals surface area contributed by atoms with Crippen molar-refractivity contribution in [3.63, 3.8) is 0 Å². The summed E-state index contributed by atoms with van der Waals surface area (Å²) in [7, 11) is 9.53. The van der Waals surface area contributed by atoms with Crippen molar-refractivity contribution < 1.29 is 13.1 Å². The standard InChI is InChI=1S/C20H15Cl4N3.2ClH.Fe/c1-11(25-19-13(21)5-3-6-14(19)22)17-9-10-18(27-17)12(2)26-20-15(23)7-4-8-16(20)24;;;/h3-10,27H,1-2H3;2*1H;/q;;;+2/p-2. The molecule has 3 rings (SSSR count). The second kappa shape index (κ2) is 12.4. The van der Waals surface area contributed by atoms with Crippen LogP contribution in [0.4, 0.5) is 11.4 Å². The van der Waals surface area contributed by atoms with Gasteiger partial charge in [0, 0.05) is 0 Å². The number of hydrogen-bond donors (Lipinski definition) is 1. The van der Waals surface area contributed by atoms with E-state index in [1.54, 1.807) is 36.4 Å². The summed E-state index contributed by atoms with van der Waals surface area (Å²) in [6, 6.07) is 14.4. The molecule has 30 heavy (non-hydrogen) atoms. The summed E-state index contributed by atoms with van der Waals surface area (Å²) in [5.74, 6) is 0. The van der Waals surface area contributed by atoms with Crippen LogP contribution >= 0.6 is 66.6 Å². The van der Waals surface area contributed by atoms with Crippen LogP contribution in [0.3, 0.4) is 0 Å². The Hall–Kier alpha value is -0.681. The van der Waals surface area contributed by atoms with Crippen LogP contribution in [-0.2, 0) is 13.1 Å². The first kappa shape index (κ1) is 25.6. The van der Waals surface area contributed by atoms with E-state index in [4.69, 9.17) is 66.6 Å². The normalized spacial score (nSPS) is 12.0. The summed E-state index contributed by atoms with van der Waals surface area (Å²) in [5, 5.41) is 2.00. The summed E-state index contributed by atoms with van der Waals surface area (Å²) >= 11 is 25.0. The van der Waals surface area contributed by atoms with Gasteiger partial charge in [-0.2, -0.15) is 0 Å². The van der Waals surface area contributed by atoms with Gasteiger partial charge in [0.1, 0.15) is 11.4 Å². The Labute approximate surface area is 210 Å². The van der Waals surface area contributed by atoms with Gasteiger partial charge in [-0.25, -0.2) is 9.98 Å². The topological polar surface area (TPSA) is 40.5 Å². The number of rotatable bonds is 4. The molecule has 0 aliphatic carbocycles. The Kier molecular flexibility index (Phi) is 10.6. The van der Waals surface area contributed by atoms with E-state index in [1.807, 2.05) is 26.0 Å². The Morgan fingerprint density at radius 3 is 1.27 bits per heavy atom. The number of nitrogens with one attached hydrogen (secondary N) is 1.